The topological polar surface area (TPSA) is 32.3 Å². The van der Waals surface area contributed by atoms with Gasteiger partial charge in [0.1, 0.15) is 0 Å². The summed E-state index contributed by atoms with van der Waals surface area (Å²) < 4.78 is 0. The highest BCUT2D eigenvalue weighted by Crippen LogP contribution is 2.26. The Labute approximate surface area is 109 Å². The minimum atomic E-state index is 0.357. The number of piperidine rings is 1. The lowest BCUT2D eigenvalue weighted by Gasteiger charge is -2.33. The average Bonchev–Trinajstić information content (AvgIpc) is 2.40. The second-order valence-electron chi connectivity index (χ2n) is 5.26. The molecule has 1 unspecified atom stereocenters. The van der Waals surface area contributed by atoms with Crippen molar-refractivity contribution in [2.45, 2.75) is 38.1 Å². The molecule has 2 aliphatic rings. The first kappa shape index (κ1) is 13.2. The molecular weight excluding hydrogens is 232 g/mol. The van der Waals surface area contributed by atoms with Crippen molar-refractivity contribution < 1.29 is 4.79 Å². The van der Waals surface area contributed by atoms with Crippen LogP contribution >= 0.6 is 11.8 Å². The van der Waals surface area contributed by atoms with Gasteiger partial charge in [0.25, 0.3) is 0 Å². The van der Waals surface area contributed by atoms with Gasteiger partial charge in [-0.25, -0.2) is 0 Å². The number of hydrogen-bond donors (Lipinski definition) is 1. The molecule has 1 atom stereocenters. The van der Waals surface area contributed by atoms with Crippen LogP contribution in [0, 0.1) is 5.92 Å². The van der Waals surface area contributed by atoms with E-state index in [1.165, 1.54) is 30.8 Å². The number of thioether (sulfide) groups is 1. The van der Waals surface area contributed by atoms with E-state index in [2.05, 4.69) is 5.32 Å². The zero-order chi connectivity index (χ0) is 12.1. The van der Waals surface area contributed by atoms with Gasteiger partial charge in [-0.15, -0.1) is 0 Å². The maximum Gasteiger partial charge on any atom is 0.222 e. The van der Waals surface area contributed by atoms with Crippen molar-refractivity contribution in [1.82, 2.24) is 10.2 Å². The van der Waals surface area contributed by atoms with Crippen LogP contribution < -0.4 is 5.32 Å². The van der Waals surface area contributed by atoms with E-state index in [9.17, 15) is 4.79 Å². The van der Waals surface area contributed by atoms with Crippen molar-refractivity contribution in [3.05, 3.63) is 0 Å². The van der Waals surface area contributed by atoms with Crippen LogP contribution in [0.3, 0.4) is 0 Å². The lowest BCUT2D eigenvalue weighted by Crippen LogP contribution is -2.47. The van der Waals surface area contributed by atoms with Gasteiger partial charge in [-0.3, -0.25) is 4.79 Å². The average molecular weight is 256 g/mol. The summed E-state index contributed by atoms with van der Waals surface area (Å²) in [4.78, 5) is 14.2. The molecule has 0 bridgehead atoms. The molecule has 4 heteroatoms. The first-order valence-electron chi connectivity index (χ1n) is 6.81. The third kappa shape index (κ3) is 3.88. The predicted octanol–water partition coefficient (Wildman–Crippen LogP) is 1.73. The Morgan fingerprint density at radius 3 is 2.76 bits per heavy atom. The molecule has 2 heterocycles. The van der Waals surface area contributed by atoms with Gasteiger partial charge in [0.05, 0.1) is 0 Å². The highest BCUT2D eigenvalue weighted by Gasteiger charge is 2.24. The van der Waals surface area contributed by atoms with Crippen LogP contribution in [0.5, 0.6) is 0 Å². The first-order valence-corrected chi connectivity index (χ1v) is 7.97. The Morgan fingerprint density at radius 2 is 2.12 bits per heavy atom. The Balaban J connectivity index is 1.77. The van der Waals surface area contributed by atoms with Gasteiger partial charge in [0.2, 0.25) is 5.91 Å². The highest BCUT2D eigenvalue weighted by molar-refractivity contribution is 7.99. The van der Waals surface area contributed by atoms with Crippen LogP contribution in [0.1, 0.15) is 32.1 Å². The van der Waals surface area contributed by atoms with E-state index in [-0.39, 0.29) is 0 Å². The van der Waals surface area contributed by atoms with Crippen molar-refractivity contribution in [3.63, 3.8) is 0 Å². The van der Waals surface area contributed by atoms with Gasteiger partial charge in [0.15, 0.2) is 0 Å². The summed E-state index contributed by atoms with van der Waals surface area (Å²) in [5.41, 5.74) is 0. The lowest BCUT2D eigenvalue weighted by molar-refractivity contribution is -0.133. The molecular formula is C13H24N2OS. The Kier molecular flexibility index (Phi) is 5.16. The van der Waals surface area contributed by atoms with Gasteiger partial charge in [-0.1, -0.05) is 0 Å². The quantitative estimate of drug-likeness (QED) is 0.834. The summed E-state index contributed by atoms with van der Waals surface area (Å²) >= 11 is 2.03. The minimum absolute atomic E-state index is 0.357. The fraction of sp³-hybridized carbons (Fsp3) is 0.923. The van der Waals surface area contributed by atoms with Crippen LogP contribution in [0.4, 0.5) is 0 Å². The molecule has 1 amide bonds. The van der Waals surface area contributed by atoms with E-state index in [4.69, 9.17) is 0 Å². The maximum absolute atomic E-state index is 12.2. The monoisotopic (exact) mass is 256 g/mol. The van der Waals surface area contributed by atoms with Crippen molar-refractivity contribution in [1.29, 1.82) is 0 Å². The molecule has 98 valence electrons. The number of likely N-dealkylation sites (N-methyl/N-ethyl adjacent to an activating group) is 1. The minimum Gasteiger partial charge on any atom is -0.341 e. The molecule has 0 saturated carbocycles. The van der Waals surface area contributed by atoms with E-state index in [1.807, 2.05) is 23.7 Å². The fourth-order valence-electron chi connectivity index (χ4n) is 2.71. The number of nitrogens with zero attached hydrogens (tertiary/aromatic N) is 1. The van der Waals surface area contributed by atoms with E-state index in [1.54, 1.807) is 0 Å². The highest BCUT2D eigenvalue weighted by atomic mass is 32.2. The second-order valence-corrected chi connectivity index (χ2v) is 6.49. The van der Waals surface area contributed by atoms with E-state index in [0.29, 0.717) is 17.9 Å². The first-order chi connectivity index (χ1) is 8.27. The predicted molar refractivity (Wildman–Crippen MR) is 73.3 cm³/mol. The van der Waals surface area contributed by atoms with Crippen LogP contribution in [-0.4, -0.2) is 48.5 Å². The molecule has 1 N–H and O–H groups in total. The van der Waals surface area contributed by atoms with E-state index in [0.717, 1.165) is 25.9 Å². The van der Waals surface area contributed by atoms with Gasteiger partial charge < -0.3 is 10.2 Å². The third-order valence-electron chi connectivity index (χ3n) is 4.02. The summed E-state index contributed by atoms with van der Waals surface area (Å²) in [5.74, 6) is 3.48. The van der Waals surface area contributed by atoms with Crippen molar-refractivity contribution in [3.8, 4) is 0 Å². The molecule has 0 radical (unpaired) electrons. The zero-order valence-corrected chi connectivity index (χ0v) is 11.6. The number of carbonyl (C=O) groups excluding carboxylic acids is 1. The zero-order valence-electron chi connectivity index (χ0n) is 10.8. The second kappa shape index (κ2) is 6.64. The summed E-state index contributed by atoms with van der Waals surface area (Å²) in [6, 6.07) is 0.425. The van der Waals surface area contributed by atoms with Gasteiger partial charge in [0, 0.05) is 26.1 Å². The molecule has 2 saturated heterocycles. The number of nitrogens with one attached hydrogen (secondary N) is 1. The summed E-state index contributed by atoms with van der Waals surface area (Å²) in [6.07, 6.45) is 5.59. The lowest BCUT2D eigenvalue weighted by atomic mass is 9.97. The molecule has 3 nitrogen and oxygen atoms in total. The maximum atomic E-state index is 12.2. The van der Waals surface area contributed by atoms with Gasteiger partial charge >= 0.3 is 0 Å². The largest absolute Gasteiger partial charge is 0.341 e. The van der Waals surface area contributed by atoms with E-state index >= 15 is 0 Å². The van der Waals surface area contributed by atoms with Crippen molar-refractivity contribution in [2.75, 3.05) is 31.6 Å². The Hall–Kier alpha value is -0.220. The van der Waals surface area contributed by atoms with Crippen molar-refractivity contribution in [2.24, 2.45) is 5.92 Å². The molecule has 2 aliphatic heterocycles. The number of rotatable bonds is 3. The molecule has 2 fully saturated rings. The molecule has 0 aromatic rings. The Bertz CT molecular complexity index is 248. The standard InChI is InChI=1S/C13H24N2OS/c1-15(12-3-2-6-14-10-12)13(16)9-11-4-7-17-8-5-11/h11-12,14H,2-10H2,1H3. The van der Waals surface area contributed by atoms with Crippen LogP contribution in [0.25, 0.3) is 0 Å². The summed E-state index contributed by atoms with van der Waals surface area (Å²) in [5, 5.41) is 3.38. The molecule has 17 heavy (non-hydrogen) atoms. The summed E-state index contributed by atoms with van der Waals surface area (Å²) in [6.45, 7) is 2.08. The Morgan fingerprint density at radius 1 is 1.35 bits per heavy atom. The number of carbonyl (C=O) groups is 1. The van der Waals surface area contributed by atoms with Crippen LogP contribution in [-0.2, 0) is 4.79 Å². The van der Waals surface area contributed by atoms with Gasteiger partial charge in [-0.2, -0.15) is 11.8 Å². The molecule has 2 rings (SSSR count). The SMILES string of the molecule is CN(C(=O)CC1CCSCC1)C1CCCNC1. The summed E-state index contributed by atoms with van der Waals surface area (Å²) in [7, 11) is 1.98. The molecule has 0 aromatic heterocycles. The fourth-order valence-corrected chi connectivity index (χ4v) is 3.91. The molecule has 0 aliphatic carbocycles. The normalized spacial score (nSPS) is 26.8. The van der Waals surface area contributed by atoms with E-state index < -0.39 is 0 Å². The third-order valence-corrected chi connectivity index (χ3v) is 5.06. The number of amides is 1. The van der Waals surface area contributed by atoms with Gasteiger partial charge in [-0.05, 0) is 49.7 Å². The molecule has 0 aromatic carbocycles. The smallest absolute Gasteiger partial charge is 0.222 e. The van der Waals surface area contributed by atoms with Crippen molar-refractivity contribution >= 4 is 17.7 Å². The van der Waals surface area contributed by atoms with Crippen LogP contribution in [0.15, 0.2) is 0 Å². The molecule has 0 spiro atoms. The van der Waals surface area contributed by atoms with Crippen LogP contribution in [0.2, 0.25) is 0 Å². The number of hydrogen-bond acceptors (Lipinski definition) is 3.